The molecule has 0 amide bonds. The van der Waals surface area contributed by atoms with Gasteiger partial charge in [0.15, 0.2) is 0 Å². The third-order valence-electron chi connectivity index (χ3n) is 3.99. The van der Waals surface area contributed by atoms with E-state index < -0.39 is 0 Å². The van der Waals surface area contributed by atoms with Crippen molar-refractivity contribution in [1.29, 1.82) is 5.26 Å². The summed E-state index contributed by atoms with van der Waals surface area (Å²) in [5.41, 5.74) is 3.31. The van der Waals surface area contributed by atoms with Gasteiger partial charge in [0.05, 0.1) is 16.9 Å². The monoisotopic (exact) mass is 297 g/mol. The third-order valence-corrected chi connectivity index (χ3v) is 3.99. The highest BCUT2D eigenvalue weighted by Gasteiger charge is 2.28. The molecule has 1 aliphatic rings. The molecule has 6 nitrogen and oxygen atoms in total. The van der Waals surface area contributed by atoms with Crippen molar-refractivity contribution < 1.29 is 4.74 Å². The summed E-state index contributed by atoms with van der Waals surface area (Å²) in [7, 11) is 0. The average molecular weight is 297 g/mol. The van der Waals surface area contributed by atoms with Crippen LogP contribution in [0.15, 0.2) is 24.5 Å². The fraction of sp³-hybridized carbons (Fsp3) is 0.438. The second-order valence-corrected chi connectivity index (χ2v) is 5.57. The zero-order valence-electron chi connectivity index (χ0n) is 12.5. The molecule has 0 saturated carbocycles. The first-order chi connectivity index (χ1) is 10.8. The second kappa shape index (κ2) is 6.58. The lowest BCUT2D eigenvalue weighted by Crippen LogP contribution is -2.28. The molecule has 1 saturated heterocycles. The van der Waals surface area contributed by atoms with E-state index in [0.29, 0.717) is 11.5 Å². The number of pyridine rings is 1. The Morgan fingerprint density at radius 1 is 1.55 bits per heavy atom. The number of hydrogen-bond acceptors (Lipinski definition) is 5. The summed E-state index contributed by atoms with van der Waals surface area (Å²) >= 11 is 0. The van der Waals surface area contributed by atoms with Crippen LogP contribution < -0.4 is 5.32 Å². The standard InChI is InChI=1S/C16H19N5O/c1-11-7-15(13(8-17)10-18-11)19-9-12-3-2-6-22-16(12)14-4-5-20-21-14/h4-5,7,10,12,16H,2-3,6,9H2,1H3,(H,18,19)(H,20,21)/t12-,16+/m0/s1. The molecule has 3 heterocycles. The van der Waals surface area contributed by atoms with Gasteiger partial charge in [0.2, 0.25) is 0 Å². The highest BCUT2D eigenvalue weighted by atomic mass is 16.5. The minimum atomic E-state index is 0.0252. The number of anilines is 1. The fourth-order valence-electron chi connectivity index (χ4n) is 2.86. The lowest BCUT2D eigenvalue weighted by molar-refractivity contribution is -0.0263. The topological polar surface area (TPSA) is 86.6 Å². The van der Waals surface area contributed by atoms with Crippen molar-refractivity contribution in [2.24, 2.45) is 5.92 Å². The summed E-state index contributed by atoms with van der Waals surface area (Å²) in [5.74, 6) is 0.342. The van der Waals surface area contributed by atoms with Crippen molar-refractivity contribution in [3.05, 3.63) is 41.5 Å². The number of aryl methyl sites for hydroxylation is 1. The number of rotatable bonds is 4. The molecular formula is C16H19N5O. The van der Waals surface area contributed by atoms with Gasteiger partial charge in [-0.05, 0) is 31.9 Å². The number of nitrogens with zero attached hydrogens (tertiary/aromatic N) is 3. The zero-order chi connectivity index (χ0) is 15.4. The Balaban J connectivity index is 1.72. The summed E-state index contributed by atoms with van der Waals surface area (Å²) in [6.45, 7) is 3.45. The molecule has 1 fully saturated rings. The van der Waals surface area contributed by atoms with Gasteiger partial charge < -0.3 is 10.1 Å². The molecule has 0 unspecified atom stereocenters. The molecule has 0 aromatic carbocycles. The normalized spacial score (nSPS) is 21.3. The maximum atomic E-state index is 9.18. The van der Waals surface area contributed by atoms with Gasteiger partial charge in [-0.3, -0.25) is 10.1 Å². The number of aromatic nitrogens is 3. The van der Waals surface area contributed by atoms with Crippen molar-refractivity contribution >= 4 is 5.69 Å². The van der Waals surface area contributed by atoms with Crippen LogP contribution in [0.4, 0.5) is 5.69 Å². The molecule has 0 radical (unpaired) electrons. The van der Waals surface area contributed by atoms with Crippen molar-refractivity contribution in [3.63, 3.8) is 0 Å². The first-order valence-corrected chi connectivity index (χ1v) is 7.49. The van der Waals surface area contributed by atoms with Crippen LogP contribution in [-0.4, -0.2) is 28.3 Å². The highest BCUT2D eigenvalue weighted by Crippen LogP contribution is 2.32. The van der Waals surface area contributed by atoms with E-state index in [2.05, 4.69) is 26.6 Å². The van der Waals surface area contributed by atoms with Gasteiger partial charge in [-0.1, -0.05) is 0 Å². The van der Waals surface area contributed by atoms with Crippen LogP contribution in [0.1, 0.15) is 35.9 Å². The Morgan fingerprint density at radius 2 is 2.45 bits per heavy atom. The number of H-pyrrole nitrogens is 1. The number of nitriles is 1. The van der Waals surface area contributed by atoms with Crippen molar-refractivity contribution in [2.75, 3.05) is 18.5 Å². The Kier molecular flexibility index (Phi) is 4.35. The molecule has 3 rings (SSSR count). The number of hydrogen-bond donors (Lipinski definition) is 2. The van der Waals surface area contributed by atoms with E-state index in [1.54, 1.807) is 12.4 Å². The first-order valence-electron chi connectivity index (χ1n) is 7.49. The molecule has 2 aromatic rings. The lowest BCUT2D eigenvalue weighted by Gasteiger charge is -2.31. The minimum absolute atomic E-state index is 0.0252. The maximum absolute atomic E-state index is 9.18. The van der Waals surface area contributed by atoms with Crippen molar-refractivity contribution in [1.82, 2.24) is 15.2 Å². The Hall–Kier alpha value is -2.39. The van der Waals surface area contributed by atoms with E-state index in [1.807, 2.05) is 19.1 Å². The molecule has 2 aromatic heterocycles. The maximum Gasteiger partial charge on any atom is 0.103 e. The second-order valence-electron chi connectivity index (χ2n) is 5.57. The van der Waals surface area contributed by atoms with Gasteiger partial charge in [0, 0.05) is 37.2 Å². The highest BCUT2D eigenvalue weighted by molar-refractivity contribution is 5.56. The number of nitrogens with one attached hydrogen (secondary N) is 2. The molecule has 0 bridgehead atoms. The van der Waals surface area contributed by atoms with E-state index in [9.17, 15) is 5.26 Å². The average Bonchev–Trinajstić information content (AvgIpc) is 3.07. The fourth-order valence-corrected chi connectivity index (χ4v) is 2.86. The molecular weight excluding hydrogens is 278 g/mol. The van der Waals surface area contributed by atoms with Crippen LogP contribution in [0.5, 0.6) is 0 Å². The predicted molar refractivity (Wildman–Crippen MR) is 82.2 cm³/mol. The quantitative estimate of drug-likeness (QED) is 0.905. The Morgan fingerprint density at radius 3 is 3.23 bits per heavy atom. The summed E-state index contributed by atoms with van der Waals surface area (Å²) in [4.78, 5) is 4.16. The smallest absolute Gasteiger partial charge is 0.103 e. The number of aromatic amines is 1. The van der Waals surface area contributed by atoms with Crippen LogP contribution in [0.2, 0.25) is 0 Å². The molecule has 22 heavy (non-hydrogen) atoms. The van der Waals surface area contributed by atoms with E-state index in [4.69, 9.17) is 4.74 Å². The van der Waals surface area contributed by atoms with E-state index >= 15 is 0 Å². The van der Waals surface area contributed by atoms with Gasteiger partial charge in [-0.25, -0.2) is 0 Å². The van der Waals surface area contributed by atoms with E-state index in [0.717, 1.165) is 43.1 Å². The van der Waals surface area contributed by atoms with Gasteiger partial charge in [0.25, 0.3) is 0 Å². The lowest BCUT2D eigenvalue weighted by atomic mass is 9.92. The van der Waals surface area contributed by atoms with Crippen LogP contribution in [0.3, 0.4) is 0 Å². The number of ether oxygens (including phenoxy) is 1. The molecule has 6 heteroatoms. The van der Waals surface area contributed by atoms with Crippen molar-refractivity contribution in [2.45, 2.75) is 25.9 Å². The van der Waals surface area contributed by atoms with Crippen molar-refractivity contribution in [3.8, 4) is 6.07 Å². The first kappa shape index (κ1) is 14.5. The molecule has 2 atom stereocenters. The molecule has 1 aliphatic heterocycles. The van der Waals surface area contributed by atoms with Crippen LogP contribution >= 0.6 is 0 Å². The van der Waals surface area contributed by atoms with E-state index in [1.165, 1.54) is 0 Å². The molecule has 114 valence electrons. The largest absolute Gasteiger partial charge is 0.383 e. The Bertz CT molecular complexity index is 662. The summed E-state index contributed by atoms with van der Waals surface area (Å²) in [5, 5.41) is 19.6. The van der Waals surface area contributed by atoms with E-state index in [-0.39, 0.29) is 6.10 Å². The molecule has 0 spiro atoms. The Labute approximate surface area is 129 Å². The van der Waals surface area contributed by atoms with Gasteiger partial charge in [0.1, 0.15) is 12.2 Å². The summed E-state index contributed by atoms with van der Waals surface area (Å²) in [6.07, 6.45) is 5.52. The van der Waals surface area contributed by atoms with Crippen LogP contribution in [0, 0.1) is 24.2 Å². The van der Waals surface area contributed by atoms with Gasteiger partial charge in [-0.15, -0.1) is 0 Å². The SMILES string of the molecule is Cc1cc(NC[C@@H]2CCCO[C@H]2c2ccn[nH]2)c(C#N)cn1. The van der Waals surface area contributed by atoms with Crippen LogP contribution in [-0.2, 0) is 4.74 Å². The predicted octanol–water partition coefficient (Wildman–Crippen LogP) is 2.56. The molecule has 0 aliphatic carbocycles. The minimum Gasteiger partial charge on any atom is -0.383 e. The third kappa shape index (κ3) is 3.10. The van der Waals surface area contributed by atoms with Gasteiger partial charge in [-0.2, -0.15) is 10.4 Å². The van der Waals surface area contributed by atoms with Gasteiger partial charge >= 0.3 is 0 Å². The summed E-state index contributed by atoms with van der Waals surface area (Å²) in [6, 6.07) is 6.05. The zero-order valence-corrected chi connectivity index (χ0v) is 12.5. The summed E-state index contributed by atoms with van der Waals surface area (Å²) < 4.78 is 5.92. The molecule has 2 N–H and O–H groups in total. The van der Waals surface area contributed by atoms with Crippen LogP contribution in [0.25, 0.3) is 0 Å².